The van der Waals surface area contributed by atoms with E-state index in [1.54, 1.807) is 12.1 Å². The van der Waals surface area contributed by atoms with Crippen LogP contribution in [-0.4, -0.2) is 37.3 Å². The third kappa shape index (κ3) is 11.2. The van der Waals surface area contributed by atoms with Gasteiger partial charge >= 0.3 is 0 Å². The lowest BCUT2D eigenvalue weighted by Crippen LogP contribution is -2.08. The molecule has 1 heterocycles. The molecule has 0 fully saturated rings. The molecule has 0 saturated heterocycles. The Kier molecular flexibility index (Phi) is 15.7. The van der Waals surface area contributed by atoms with Crippen LogP contribution in [0.15, 0.2) is 53.1 Å². The van der Waals surface area contributed by atoms with Crippen LogP contribution in [0.2, 0.25) is 0 Å². The minimum atomic E-state index is -0.417. The third-order valence-electron chi connectivity index (χ3n) is 4.29. The highest BCUT2D eigenvalue weighted by atomic mass is 32.2. The molecular weight excluding hydrogens is 461 g/mol. The molecule has 0 unspecified atom stereocenters. The second kappa shape index (κ2) is 18.4. The largest absolute Gasteiger partial charge is 0.494 e. The fraction of sp³-hybridized carbons (Fsp3) is 0.348. The Hall–Kier alpha value is -2.99. The summed E-state index contributed by atoms with van der Waals surface area (Å²) in [5.41, 5.74) is 6.17. The highest BCUT2D eigenvalue weighted by Gasteiger charge is 2.11. The molecular formula is C23H32FN5O4S. The molecule has 1 aromatic heterocycles. The topological polar surface area (TPSA) is 139 Å². The number of aromatic nitrogens is 2. The molecule has 0 aliphatic rings. The molecule has 3 rings (SSSR count). The van der Waals surface area contributed by atoms with Crippen molar-refractivity contribution in [2.75, 3.05) is 20.7 Å². The molecule has 3 aromatic rings. The molecule has 0 amide bonds. The summed E-state index contributed by atoms with van der Waals surface area (Å²) in [5, 5.41) is 9.19. The molecule has 0 aliphatic carbocycles. The number of aryl methyl sites for hydroxylation is 1. The number of methoxy groups -OCH3 is 1. The van der Waals surface area contributed by atoms with Gasteiger partial charge in [-0.2, -0.15) is 4.98 Å². The van der Waals surface area contributed by atoms with Gasteiger partial charge in [0.1, 0.15) is 6.61 Å². The van der Waals surface area contributed by atoms with Crippen LogP contribution >= 0.6 is 12.1 Å². The smallest absolute Gasteiger partial charge is 0.293 e. The predicted octanol–water partition coefficient (Wildman–Crippen LogP) is 3.64. The van der Waals surface area contributed by atoms with Crippen molar-refractivity contribution in [3.63, 3.8) is 0 Å². The van der Waals surface area contributed by atoms with Gasteiger partial charge in [0.25, 0.3) is 6.47 Å². The van der Waals surface area contributed by atoms with E-state index in [1.807, 2.05) is 30.3 Å². The van der Waals surface area contributed by atoms with Crippen LogP contribution in [0.4, 0.5) is 4.39 Å². The Morgan fingerprint density at radius 2 is 1.91 bits per heavy atom. The number of benzene rings is 2. The first kappa shape index (κ1) is 29.0. The summed E-state index contributed by atoms with van der Waals surface area (Å²) in [5.74, 6) is 0.766. The number of unbranched alkanes of at least 4 members (excludes halogenated alkanes) is 2. The van der Waals surface area contributed by atoms with Crippen LogP contribution in [0.5, 0.6) is 5.75 Å². The lowest BCUT2D eigenvalue weighted by atomic mass is 10.2. The monoisotopic (exact) mass is 493 g/mol. The van der Waals surface area contributed by atoms with E-state index in [1.165, 1.54) is 20.2 Å². The normalized spacial score (nSPS) is 9.79. The van der Waals surface area contributed by atoms with Crippen molar-refractivity contribution < 1.29 is 23.2 Å². The van der Waals surface area contributed by atoms with Crippen molar-refractivity contribution in [1.82, 2.24) is 14.9 Å². The standard InChI is InChI=1S/C14H19FN4O2S.C8H8O2.CH5N/c1-20-12-9-10(6-7-11(12)15)14-18-13(21-19-14)5-3-2-4-8-17-22-16;9-7-10-6-8-4-2-1-3-5-8;1-2/h6-7,9,17H,2-5,8,16H2,1H3;1-5,7H,6H2;2H2,1H3. The highest BCUT2D eigenvalue weighted by Crippen LogP contribution is 2.24. The van der Waals surface area contributed by atoms with Gasteiger partial charge in [-0.1, -0.05) is 41.9 Å². The van der Waals surface area contributed by atoms with Gasteiger partial charge in [0.05, 0.1) is 7.11 Å². The first-order valence-electron chi connectivity index (χ1n) is 10.6. The van der Waals surface area contributed by atoms with E-state index in [-0.39, 0.29) is 5.75 Å². The van der Waals surface area contributed by atoms with E-state index in [0.29, 0.717) is 30.4 Å². The molecule has 11 heteroatoms. The van der Waals surface area contributed by atoms with Gasteiger partial charge in [-0.25, -0.2) is 4.39 Å². The Labute approximate surface area is 203 Å². The molecule has 34 heavy (non-hydrogen) atoms. The van der Waals surface area contributed by atoms with Crippen LogP contribution in [0.1, 0.15) is 30.7 Å². The fourth-order valence-electron chi connectivity index (χ4n) is 2.69. The number of halogens is 1. The van der Waals surface area contributed by atoms with E-state index in [2.05, 4.69) is 25.3 Å². The van der Waals surface area contributed by atoms with Gasteiger partial charge in [-0.3, -0.25) is 14.7 Å². The first-order chi connectivity index (χ1) is 16.7. The Morgan fingerprint density at radius 1 is 1.15 bits per heavy atom. The molecule has 0 saturated carbocycles. The van der Waals surface area contributed by atoms with Gasteiger partial charge in [-0.15, -0.1) is 0 Å². The van der Waals surface area contributed by atoms with E-state index < -0.39 is 5.82 Å². The molecule has 0 spiro atoms. The maximum Gasteiger partial charge on any atom is 0.293 e. The minimum Gasteiger partial charge on any atom is -0.494 e. The number of nitrogens with two attached hydrogens (primary N) is 2. The second-order valence-corrected chi connectivity index (χ2v) is 7.10. The number of nitrogens with zero attached hydrogens (tertiary/aromatic N) is 2. The van der Waals surface area contributed by atoms with E-state index >= 15 is 0 Å². The lowest BCUT2D eigenvalue weighted by Gasteiger charge is -2.02. The number of hydrogen-bond acceptors (Lipinski definition) is 10. The van der Waals surface area contributed by atoms with E-state index in [9.17, 15) is 9.18 Å². The summed E-state index contributed by atoms with van der Waals surface area (Å²) in [6.45, 7) is 1.70. The summed E-state index contributed by atoms with van der Waals surface area (Å²) >= 11 is 1.13. The van der Waals surface area contributed by atoms with Gasteiger partial charge in [0, 0.05) is 30.7 Å². The molecule has 0 bridgehead atoms. The van der Waals surface area contributed by atoms with Crippen LogP contribution in [0, 0.1) is 5.82 Å². The third-order valence-corrected chi connectivity index (χ3v) is 4.66. The van der Waals surface area contributed by atoms with Crippen molar-refractivity contribution in [2.45, 2.75) is 32.3 Å². The SMILES string of the molecule is CN.COc1cc(-c2noc(CCCCCNSN)n2)ccc1F.O=COCc1ccccc1. The zero-order valence-electron chi connectivity index (χ0n) is 19.4. The lowest BCUT2D eigenvalue weighted by molar-refractivity contribution is -0.129. The van der Waals surface area contributed by atoms with Crippen molar-refractivity contribution in [3.05, 3.63) is 65.8 Å². The van der Waals surface area contributed by atoms with Crippen LogP contribution in [0.3, 0.4) is 0 Å². The Balaban J connectivity index is 0.000000402. The molecule has 186 valence electrons. The molecule has 0 radical (unpaired) electrons. The van der Waals surface area contributed by atoms with Crippen molar-refractivity contribution in [1.29, 1.82) is 0 Å². The molecule has 0 aliphatic heterocycles. The maximum atomic E-state index is 13.4. The molecule has 2 aromatic carbocycles. The number of nitrogens with one attached hydrogen (secondary N) is 1. The number of carbonyl (C=O) groups excluding carboxylic acids is 1. The summed E-state index contributed by atoms with van der Waals surface area (Å²) in [6, 6.07) is 14.0. The average molecular weight is 494 g/mol. The van der Waals surface area contributed by atoms with Gasteiger partial charge in [0.15, 0.2) is 11.6 Å². The van der Waals surface area contributed by atoms with Crippen LogP contribution in [0.25, 0.3) is 11.4 Å². The Bertz CT molecular complexity index is 931. The Morgan fingerprint density at radius 3 is 2.59 bits per heavy atom. The van der Waals surface area contributed by atoms with Crippen LogP contribution in [-0.2, 0) is 22.6 Å². The number of rotatable bonds is 12. The van der Waals surface area contributed by atoms with Crippen molar-refractivity contribution >= 4 is 18.6 Å². The van der Waals surface area contributed by atoms with E-state index in [0.717, 1.165) is 49.9 Å². The quantitative estimate of drug-likeness (QED) is 0.195. The van der Waals surface area contributed by atoms with Gasteiger partial charge < -0.3 is 19.7 Å². The second-order valence-electron chi connectivity index (χ2n) is 6.58. The first-order valence-corrected chi connectivity index (χ1v) is 11.5. The zero-order chi connectivity index (χ0) is 25.0. The molecule has 5 N–H and O–H groups in total. The number of ether oxygens (including phenoxy) is 2. The highest BCUT2D eigenvalue weighted by molar-refractivity contribution is 7.95. The summed E-state index contributed by atoms with van der Waals surface area (Å²) in [7, 11) is 2.92. The number of hydrogen-bond donors (Lipinski definition) is 3. The average Bonchev–Trinajstić information content (AvgIpc) is 3.36. The van der Waals surface area contributed by atoms with Gasteiger partial charge in [0.2, 0.25) is 11.7 Å². The van der Waals surface area contributed by atoms with Gasteiger partial charge in [-0.05, 0) is 43.7 Å². The fourth-order valence-corrected chi connectivity index (χ4v) is 2.95. The molecule has 0 atom stereocenters. The summed E-state index contributed by atoms with van der Waals surface area (Å²) in [4.78, 5) is 14.1. The van der Waals surface area contributed by atoms with Crippen molar-refractivity contribution in [2.24, 2.45) is 10.9 Å². The number of carbonyl (C=O) groups is 1. The van der Waals surface area contributed by atoms with Crippen molar-refractivity contribution in [3.8, 4) is 17.1 Å². The minimum absolute atomic E-state index is 0.161. The maximum absolute atomic E-state index is 13.4. The predicted molar refractivity (Wildman–Crippen MR) is 131 cm³/mol. The molecule has 9 nitrogen and oxygen atoms in total. The zero-order valence-corrected chi connectivity index (χ0v) is 20.2. The van der Waals surface area contributed by atoms with E-state index in [4.69, 9.17) is 14.4 Å². The summed E-state index contributed by atoms with van der Waals surface area (Å²) < 4.78 is 31.1. The van der Waals surface area contributed by atoms with Crippen LogP contribution < -0.4 is 20.3 Å². The summed E-state index contributed by atoms with van der Waals surface area (Å²) in [6.07, 6.45) is 3.78.